The highest BCUT2D eigenvalue weighted by atomic mass is 127. The normalized spacial score (nSPS) is 11.2. The zero-order chi connectivity index (χ0) is 17.5. The molecule has 4 nitrogen and oxygen atoms in total. The number of aryl methyl sites for hydroxylation is 1. The van der Waals surface area contributed by atoms with E-state index >= 15 is 0 Å². The van der Waals surface area contributed by atoms with Gasteiger partial charge in [0.15, 0.2) is 5.96 Å². The van der Waals surface area contributed by atoms with Crippen LogP contribution in [-0.4, -0.2) is 24.0 Å². The molecule has 3 aromatic rings. The van der Waals surface area contributed by atoms with Gasteiger partial charge >= 0.3 is 0 Å². The summed E-state index contributed by atoms with van der Waals surface area (Å²) >= 11 is 3.46. The molecular weight excluding hydrogens is 475 g/mol. The van der Waals surface area contributed by atoms with Crippen molar-refractivity contribution in [3.05, 3.63) is 63.3 Å². The number of thiophene rings is 1. The van der Waals surface area contributed by atoms with Crippen molar-refractivity contribution in [3.8, 4) is 10.6 Å². The molecule has 2 heterocycles. The summed E-state index contributed by atoms with van der Waals surface area (Å²) in [6, 6.07) is 14.7. The minimum absolute atomic E-state index is 0. The molecule has 0 aliphatic rings. The number of benzene rings is 1. The van der Waals surface area contributed by atoms with Crippen LogP contribution in [0.1, 0.15) is 15.4 Å². The van der Waals surface area contributed by atoms with E-state index in [1.165, 1.54) is 15.3 Å². The molecule has 1 aromatic carbocycles. The second kappa shape index (κ2) is 10.6. The van der Waals surface area contributed by atoms with Crippen molar-refractivity contribution in [2.75, 3.05) is 13.1 Å². The number of hydrogen-bond acceptors (Lipinski definition) is 4. The molecule has 0 saturated heterocycles. The fourth-order valence-electron chi connectivity index (χ4n) is 2.45. The van der Waals surface area contributed by atoms with Gasteiger partial charge in [-0.1, -0.05) is 30.3 Å². The Morgan fingerprint density at radius 1 is 1.15 bits per heavy atom. The van der Waals surface area contributed by atoms with E-state index in [4.69, 9.17) is 5.73 Å². The predicted octanol–water partition coefficient (Wildman–Crippen LogP) is 4.49. The lowest BCUT2D eigenvalue weighted by atomic mass is 10.1. The van der Waals surface area contributed by atoms with Gasteiger partial charge < -0.3 is 11.1 Å². The van der Waals surface area contributed by atoms with Crippen LogP contribution < -0.4 is 11.1 Å². The molecule has 7 heteroatoms. The SMILES string of the molecule is Cc1nc(-c2ccc(CCN=C(N)NCCc3ccccc3)s2)cs1.I. The Kier molecular flexibility index (Phi) is 8.53. The van der Waals surface area contributed by atoms with Gasteiger partial charge in [0.2, 0.25) is 0 Å². The predicted molar refractivity (Wildman–Crippen MR) is 124 cm³/mol. The van der Waals surface area contributed by atoms with Gasteiger partial charge in [-0.15, -0.1) is 46.7 Å². The van der Waals surface area contributed by atoms with Gasteiger partial charge in [0.25, 0.3) is 0 Å². The quantitative estimate of drug-likeness (QED) is 0.287. The van der Waals surface area contributed by atoms with Gasteiger partial charge in [0.1, 0.15) is 0 Å². The number of aromatic nitrogens is 1. The third-order valence-electron chi connectivity index (χ3n) is 3.74. The van der Waals surface area contributed by atoms with E-state index < -0.39 is 0 Å². The average molecular weight is 498 g/mol. The monoisotopic (exact) mass is 498 g/mol. The van der Waals surface area contributed by atoms with Crippen LogP contribution >= 0.6 is 46.7 Å². The number of nitrogens with two attached hydrogens (primary N) is 1. The Morgan fingerprint density at radius 2 is 1.96 bits per heavy atom. The van der Waals surface area contributed by atoms with E-state index in [1.807, 2.05) is 13.0 Å². The zero-order valence-electron chi connectivity index (χ0n) is 14.6. The molecule has 3 N–H and O–H groups in total. The highest BCUT2D eigenvalue weighted by molar-refractivity contribution is 14.0. The van der Waals surface area contributed by atoms with Crippen molar-refractivity contribution in [2.24, 2.45) is 10.7 Å². The molecular formula is C19H23IN4S2. The molecule has 0 aliphatic carbocycles. The van der Waals surface area contributed by atoms with Crippen LogP contribution in [0.5, 0.6) is 0 Å². The number of aliphatic imine (C=N–C) groups is 1. The van der Waals surface area contributed by atoms with Gasteiger partial charge in [-0.05, 0) is 31.0 Å². The van der Waals surface area contributed by atoms with E-state index in [9.17, 15) is 0 Å². The molecule has 0 spiro atoms. The van der Waals surface area contributed by atoms with E-state index in [0.717, 1.165) is 30.1 Å². The smallest absolute Gasteiger partial charge is 0.188 e. The van der Waals surface area contributed by atoms with Crippen LogP contribution in [0.2, 0.25) is 0 Å². The lowest BCUT2D eigenvalue weighted by molar-refractivity contribution is 0.845. The summed E-state index contributed by atoms with van der Waals surface area (Å²) in [7, 11) is 0. The minimum atomic E-state index is 0. The Labute approximate surface area is 179 Å². The lowest BCUT2D eigenvalue weighted by Crippen LogP contribution is -2.33. The van der Waals surface area contributed by atoms with E-state index in [1.54, 1.807) is 22.7 Å². The Morgan fingerprint density at radius 3 is 2.69 bits per heavy atom. The number of thiazole rings is 1. The summed E-state index contributed by atoms with van der Waals surface area (Å²) < 4.78 is 0. The summed E-state index contributed by atoms with van der Waals surface area (Å²) in [6.07, 6.45) is 1.84. The number of halogens is 1. The van der Waals surface area contributed by atoms with E-state index in [0.29, 0.717) is 12.5 Å². The van der Waals surface area contributed by atoms with Crippen molar-refractivity contribution in [1.82, 2.24) is 10.3 Å². The standard InChI is InChI=1S/C19H22N4S2.HI/c1-14-23-17(13-24-14)18-8-7-16(25-18)10-12-22-19(20)21-11-9-15-5-3-2-4-6-15;/h2-8,13H,9-12H2,1H3,(H3,20,21,22);1H. The topological polar surface area (TPSA) is 63.3 Å². The van der Waals surface area contributed by atoms with Crippen molar-refractivity contribution in [2.45, 2.75) is 19.8 Å². The van der Waals surface area contributed by atoms with Crippen molar-refractivity contribution in [3.63, 3.8) is 0 Å². The number of nitrogens with zero attached hydrogens (tertiary/aromatic N) is 2. The van der Waals surface area contributed by atoms with Gasteiger partial charge in [0, 0.05) is 29.8 Å². The summed E-state index contributed by atoms with van der Waals surface area (Å²) in [5, 5.41) is 6.38. The van der Waals surface area contributed by atoms with Gasteiger partial charge in [-0.25, -0.2) is 4.98 Å². The highest BCUT2D eigenvalue weighted by Crippen LogP contribution is 2.29. The van der Waals surface area contributed by atoms with Crippen LogP contribution in [0, 0.1) is 6.92 Å². The molecule has 0 radical (unpaired) electrons. The first-order valence-corrected chi connectivity index (χ1v) is 9.99. The highest BCUT2D eigenvalue weighted by Gasteiger charge is 2.06. The fourth-order valence-corrected chi connectivity index (χ4v) is 4.09. The van der Waals surface area contributed by atoms with Crippen molar-refractivity contribution >= 4 is 52.6 Å². The maximum Gasteiger partial charge on any atom is 0.188 e. The molecule has 0 unspecified atom stereocenters. The molecule has 0 fully saturated rings. The first kappa shape index (κ1) is 20.9. The van der Waals surface area contributed by atoms with Gasteiger partial charge in [0.05, 0.1) is 15.6 Å². The van der Waals surface area contributed by atoms with Crippen LogP contribution in [0.4, 0.5) is 0 Å². The second-order valence-electron chi connectivity index (χ2n) is 5.70. The number of rotatable bonds is 7. The third-order valence-corrected chi connectivity index (χ3v) is 5.68. The number of nitrogens with one attached hydrogen (secondary N) is 1. The summed E-state index contributed by atoms with van der Waals surface area (Å²) in [6.45, 7) is 3.52. The Balaban J connectivity index is 0.00000243. The van der Waals surface area contributed by atoms with Crippen molar-refractivity contribution in [1.29, 1.82) is 0 Å². The van der Waals surface area contributed by atoms with Crippen LogP contribution in [0.15, 0.2) is 52.8 Å². The summed E-state index contributed by atoms with van der Waals surface area (Å²) in [4.78, 5) is 11.5. The molecule has 2 aromatic heterocycles. The Bertz CT molecular complexity index is 827. The largest absolute Gasteiger partial charge is 0.370 e. The maximum atomic E-state index is 5.93. The van der Waals surface area contributed by atoms with E-state index in [-0.39, 0.29) is 24.0 Å². The molecule has 0 saturated carbocycles. The second-order valence-corrected chi connectivity index (χ2v) is 7.93. The van der Waals surface area contributed by atoms with Crippen LogP contribution in [-0.2, 0) is 12.8 Å². The first-order chi connectivity index (χ1) is 12.2. The molecule has 0 amide bonds. The molecule has 0 atom stereocenters. The van der Waals surface area contributed by atoms with Crippen LogP contribution in [0.3, 0.4) is 0 Å². The number of guanidine groups is 1. The molecule has 3 rings (SSSR count). The molecule has 0 bridgehead atoms. The first-order valence-electron chi connectivity index (χ1n) is 8.29. The molecule has 138 valence electrons. The third kappa shape index (κ3) is 6.37. The minimum Gasteiger partial charge on any atom is -0.370 e. The van der Waals surface area contributed by atoms with E-state index in [2.05, 4.69) is 57.1 Å². The fraction of sp³-hybridized carbons (Fsp3) is 0.263. The number of hydrogen-bond donors (Lipinski definition) is 2. The van der Waals surface area contributed by atoms with Crippen LogP contribution in [0.25, 0.3) is 10.6 Å². The molecule has 0 aliphatic heterocycles. The zero-order valence-corrected chi connectivity index (χ0v) is 18.6. The summed E-state index contributed by atoms with van der Waals surface area (Å²) in [5.74, 6) is 0.517. The Hall–Kier alpha value is -1.45. The summed E-state index contributed by atoms with van der Waals surface area (Å²) in [5.41, 5.74) is 8.31. The maximum absolute atomic E-state index is 5.93. The van der Waals surface area contributed by atoms with Crippen molar-refractivity contribution < 1.29 is 0 Å². The molecule has 26 heavy (non-hydrogen) atoms. The lowest BCUT2D eigenvalue weighted by Gasteiger charge is -2.05. The van der Waals surface area contributed by atoms with Gasteiger partial charge in [-0.3, -0.25) is 4.99 Å². The average Bonchev–Trinajstić information content (AvgIpc) is 3.25. The van der Waals surface area contributed by atoms with Gasteiger partial charge in [-0.2, -0.15) is 0 Å².